The van der Waals surface area contributed by atoms with Crippen molar-refractivity contribution in [1.82, 2.24) is 16.1 Å². The van der Waals surface area contributed by atoms with Gasteiger partial charge in [0.05, 0.1) is 6.04 Å². The van der Waals surface area contributed by atoms with E-state index in [-0.39, 0.29) is 12.1 Å². The molecule has 21 heavy (non-hydrogen) atoms. The Bertz CT molecular complexity index is 351. The summed E-state index contributed by atoms with van der Waals surface area (Å²) in [6.07, 6.45) is 3.69. The highest BCUT2D eigenvalue weighted by Crippen LogP contribution is 2.07. The monoisotopic (exact) mass is 300 g/mol. The van der Waals surface area contributed by atoms with Crippen LogP contribution in [-0.2, 0) is 4.74 Å². The molecule has 0 aliphatic heterocycles. The molecule has 122 valence electrons. The summed E-state index contributed by atoms with van der Waals surface area (Å²) in [5.74, 6) is 0. The number of hydrogen-bond donors (Lipinski definition) is 3. The van der Waals surface area contributed by atoms with Crippen LogP contribution in [0, 0.1) is 0 Å². The van der Waals surface area contributed by atoms with Crippen LogP contribution in [0.25, 0.3) is 0 Å². The molecule has 0 saturated heterocycles. The quantitative estimate of drug-likeness (QED) is 0.498. The molecule has 0 aromatic rings. The van der Waals surface area contributed by atoms with Crippen molar-refractivity contribution in [2.75, 3.05) is 6.54 Å². The van der Waals surface area contributed by atoms with E-state index < -0.39 is 11.7 Å². The minimum Gasteiger partial charge on any atom is -0.444 e. The minimum atomic E-state index is -0.546. The first-order valence-corrected chi connectivity index (χ1v) is 7.35. The summed E-state index contributed by atoms with van der Waals surface area (Å²) in [7, 11) is 0. The van der Waals surface area contributed by atoms with Crippen molar-refractivity contribution in [3.05, 3.63) is 0 Å². The van der Waals surface area contributed by atoms with Crippen LogP contribution in [0.1, 0.15) is 53.9 Å². The van der Waals surface area contributed by atoms with Gasteiger partial charge in [-0.15, -0.1) is 0 Å². The van der Waals surface area contributed by atoms with Crippen LogP contribution in [0.4, 0.5) is 9.59 Å². The second kappa shape index (κ2) is 10.0. The number of carbonyl (C=O) groups excluding carboxylic acids is 2. The molecule has 0 unspecified atom stereocenters. The summed E-state index contributed by atoms with van der Waals surface area (Å²) < 4.78 is 5.20. The number of rotatable bonds is 7. The van der Waals surface area contributed by atoms with Crippen LogP contribution >= 0.6 is 0 Å². The Balaban J connectivity index is 4.40. The first kappa shape index (κ1) is 19.2. The summed E-state index contributed by atoms with van der Waals surface area (Å²) in [6.45, 7) is 9.82. The molecule has 0 saturated carbocycles. The van der Waals surface area contributed by atoms with Gasteiger partial charge in [-0.25, -0.2) is 15.0 Å². The van der Waals surface area contributed by atoms with Crippen LogP contribution in [0.3, 0.4) is 0 Å². The number of amides is 3. The molecule has 0 aliphatic carbocycles. The molecule has 3 N–H and O–H groups in total. The molecule has 0 aromatic carbocycles. The summed E-state index contributed by atoms with van der Waals surface area (Å²) in [6, 6.07) is -0.651. The van der Waals surface area contributed by atoms with Gasteiger partial charge in [0.2, 0.25) is 0 Å². The number of carbonyl (C=O) groups is 2. The molecule has 3 amide bonds. The first-order valence-electron chi connectivity index (χ1n) is 7.35. The molecule has 0 radical (unpaired) electrons. The number of unbranched alkanes of at least 4 members (excludes halogenated alkanes) is 1. The Morgan fingerprint density at radius 3 is 2.48 bits per heavy atom. The number of urea groups is 1. The van der Waals surface area contributed by atoms with Crippen molar-refractivity contribution in [3.8, 4) is 0 Å². The van der Waals surface area contributed by atoms with E-state index in [2.05, 4.69) is 28.1 Å². The van der Waals surface area contributed by atoms with Crippen LogP contribution < -0.4 is 16.1 Å². The van der Waals surface area contributed by atoms with Gasteiger partial charge in [-0.1, -0.05) is 19.8 Å². The van der Waals surface area contributed by atoms with E-state index in [1.807, 2.05) is 6.92 Å². The molecule has 7 heteroatoms. The lowest BCUT2D eigenvalue weighted by Gasteiger charge is -2.22. The fraction of sp³-hybridized carbons (Fsp3) is 0.786. The van der Waals surface area contributed by atoms with E-state index in [4.69, 9.17) is 4.74 Å². The zero-order valence-corrected chi connectivity index (χ0v) is 13.7. The van der Waals surface area contributed by atoms with E-state index in [1.54, 1.807) is 20.8 Å². The van der Waals surface area contributed by atoms with Gasteiger partial charge >= 0.3 is 12.1 Å². The number of nitrogens with zero attached hydrogens (tertiary/aromatic N) is 1. The number of hydrazone groups is 1. The van der Waals surface area contributed by atoms with Crippen LogP contribution in [0.5, 0.6) is 0 Å². The van der Waals surface area contributed by atoms with Gasteiger partial charge in [-0.3, -0.25) is 0 Å². The van der Waals surface area contributed by atoms with E-state index >= 15 is 0 Å². The van der Waals surface area contributed by atoms with Gasteiger partial charge in [-0.2, -0.15) is 5.10 Å². The maximum Gasteiger partial charge on any atom is 0.408 e. The Hall–Kier alpha value is -1.79. The second-order valence-electron chi connectivity index (χ2n) is 5.64. The molecule has 0 spiro atoms. The van der Waals surface area contributed by atoms with Crippen molar-refractivity contribution in [1.29, 1.82) is 0 Å². The smallest absolute Gasteiger partial charge is 0.408 e. The maximum atomic E-state index is 11.7. The highest BCUT2D eigenvalue weighted by atomic mass is 16.6. The van der Waals surface area contributed by atoms with Crippen LogP contribution in [0.15, 0.2) is 5.10 Å². The lowest BCUT2D eigenvalue weighted by atomic mass is 10.1. The highest BCUT2D eigenvalue weighted by Gasteiger charge is 2.18. The third-order valence-corrected chi connectivity index (χ3v) is 2.33. The molecular weight excluding hydrogens is 272 g/mol. The Morgan fingerprint density at radius 1 is 1.29 bits per heavy atom. The van der Waals surface area contributed by atoms with Crippen molar-refractivity contribution >= 4 is 18.3 Å². The molecule has 1 atom stereocenters. The third-order valence-electron chi connectivity index (χ3n) is 2.33. The topological polar surface area (TPSA) is 91.8 Å². The SMILES string of the molecule is CCCC[C@@H](/C=N/NC(=O)NCC)NC(=O)OC(C)(C)C. The van der Waals surface area contributed by atoms with Crippen molar-refractivity contribution in [2.24, 2.45) is 5.10 Å². The van der Waals surface area contributed by atoms with E-state index in [1.165, 1.54) is 6.21 Å². The Labute approximate surface area is 126 Å². The van der Waals surface area contributed by atoms with E-state index in [9.17, 15) is 9.59 Å². The number of nitrogens with one attached hydrogen (secondary N) is 3. The standard InChI is InChI=1S/C14H28N4O3/c1-6-8-9-11(10-16-18-12(19)15-7-2)17-13(20)21-14(3,4)5/h10-11H,6-9H2,1-5H3,(H,17,20)(H2,15,18,19)/b16-10+/t11-/m0/s1. The molecule has 0 aliphatic rings. The molecule has 0 bridgehead atoms. The normalized spacial score (nSPS) is 12.8. The zero-order valence-electron chi connectivity index (χ0n) is 13.7. The second-order valence-corrected chi connectivity index (χ2v) is 5.64. The predicted octanol–water partition coefficient (Wildman–Crippen LogP) is 2.37. The van der Waals surface area contributed by atoms with Gasteiger partial charge in [0, 0.05) is 12.8 Å². The average Bonchev–Trinajstić information content (AvgIpc) is 2.33. The van der Waals surface area contributed by atoms with E-state index in [0.29, 0.717) is 6.54 Å². The average molecular weight is 300 g/mol. The van der Waals surface area contributed by atoms with Crippen molar-refractivity contribution < 1.29 is 14.3 Å². The fourth-order valence-electron chi connectivity index (χ4n) is 1.45. The summed E-state index contributed by atoms with van der Waals surface area (Å²) >= 11 is 0. The highest BCUT2D eigenvalue weighted by molar-refractivity contribution is 5.78. The van der Waals surface area contributed by atoms with Gasteiger partial charge in [0.15, 0.2) is 0 Å². The zero-order chi connectivity index (χ0) is 16.3. The van der Waals surface area contributed by atoms with Crippen molar-refractivity contribution in [3.63, 3.8) is 0 Å². The molecule has 0 aromatic heterocycles. The lowest BCUT2D eigenvalue weighted by Crippen LogP contribution is -2.40. The van der Waals surface area contributed by atoms with Crippen LogP contribution in [0.2, 0.25) is 0 Å². The van der Waals surface area contributed by atoms with Crippen LogP contribution in [-0.4, -0.2) is 36.5 Å². The Kier molecular flexibility index (Phi) is 9.16. The largest absolute Gasteiger partial charge is 0.444 e. The summed E-state index contributed by atoms with van der Waals surface area (Å²) in [5.41, 5.74) is 1.79. The van der Waals surface area contributed by atoms with E-state index in [0.717, 1.165) is 19.3 Å². The third kappa shape index (κ3) is 11.7. The Morgan fingerprint density at radius 2 is 1.95 bits per heavy atom. The fourth-order valence-corrected chi connectivity index (χ4v) is 1.45. The van der Waals surface area contributed by atoms with Gasteiger partial charge in [-0.05, 0) is 34.1 Å². The molecule has 0 rings (SSSR count). The van der Waals surface area contributed by atoms with Gasteiger partial charge in [0.1, 0.15) is 5.60 Å². The minimum absolute atomic E-state index is 0.276. The molecule has 7 nitrogen and oxygen atoms in total. The molecule has 0 heterocycles. The first-order chi connectivity index (χ1) is 9.78. The predicted molar refractivity (Wildman–Crippen MR) is 83.4 cm³/mol. The summed E-state index contributed by atoms with van der Waals surface area (Å²) in [5, 5.41) is 9.13. The molecule has 0 fully saturated rings. The number of hydrogen-bond acceptors (Lipinski definition) is 4. The van der Waals surface area contributed by atoms with Crippen molar-refractivity contribution in [2.45, 2.75) is 65.5 Å². The van der Waals surface area contributed by atoms with Gasteiger partial charge in [0.25, 0.3) is 0 Å². The maximum absolute atomic E-state index is 11.7. The number of alkyl carbamates (subject to hydrolysis) is 1. The van der Waals surface area contributed by atoms with Gasteiger partial charge < -0.3 is 15.4 Å². The molecular formula is C14H28N4O3. The lowest BCUT2D eigenvalue weighted by molar-refractivity contribution is 0.0517. The number of ether oxygens (including phenoxy) is 1. The summed E-state index contributed by atoms with van der Waals surface area (Å²) in [4.78, 5) is 22.9.